The number of anilines is 1. The molecule has 0 aromatic carbocycles. The maximum atomic E-state index is 5.48. The zero-order valence-electron chi connectivity index (χ0n) is 5.23. The summed E-state index contributed by atoms with van der Waals surface area (Å²) in [5.41, 5.74) is 7.06. The molecule has 0 aliphatic heterocycles. The first kappa shape index (κ1) is 5.22. The summed E-state index contributed by atoms with van der Waals surface area (Å²) in [6, 6.07) is 3.67. The van der Waals surface area contributed by atoms with E-state index in [0.29, 0.717) is 5.69 Å². The minimum Gasteiger partial charge on any atom is -0.397 e. The highest BCUT2D eigenvalue weighted by atomic mass is 15.4. The molecule has 4 nitrogen and oxygen atoms in total. The normalized spacial score (nSPS) is 10.4. The van der Waals surface area contributed by atoms with E-state index in [1.807, 2.05) is 12.1 Å². The highest BCUT2D eigenvalue weighted by Gasteiger charge is 1.92. The average Bonchev–Trinajstić information content (AvgIpc) is 2.33. The van der Waals surface area contributed by atoms with E-state index in [0.717, 1.165) is 5.52 Å². The van der Waals surface area contributed by atoms with Gasteiger partial charge in [-0.3, -0.25) is 0 Å². The number of rotatable bonds is 0. The fourth-order valence-corrected chi connectivity index (χ4v) is 0.838. The quantitative estimate of drug-likeness (QED) is 0.564. The summed E-state index contributed by atoms with van der Waals surface area (Å²) >= 11 is 0. The molecule has 0 aliphatic carbocycles. The van der Waals surface area contributed by atoms with Gasteiger partial charge in [0.2, 0.25) is 0 Å². The van der Waals surface area contributed by atoms with Crippen LogP contribution in [0.1, 0.15) is 0 Å². The van der Waals surface area contributed by atoms with Gasteiger partial charge in [-0.2, -0.15) is 14.8 Å². The molecule has 2 rings (SSSR count). The van der Waals surface area contributed by atoms with Crippen LogP contribution in [0.2, 0.25) is 0 Å². The van der Waals surface area contributed by atoms with Crippen molar-refractivity contribution in [3.63, 3.8) is 0 Å². The van der Waals surface area contributed by atoms with Crippen LogP contribution in [-0.4, -0.2) is 14.8 Å². The van der Waals surface area contributed by atoms with Crippen LogP contribution in [0.3, 0.4) is 0 Å². The third-order valence-corrected chi connectivity index (χ3v) is 1.28. The lowest BCUT2D eigenvalue weighted by atomic mass is 10.4. The van der Waals surface area contributed by atoms with Gasteiger partial charge in [-0.25, -0.2) is 0 Å². The van der Waals surface area contributed by atoms with E-state index in [4.69, 9.17) is 5.73 Å². The molecule has 2 aromatic rings. The number of nitrogens with two attached hydrogens (primary N) is 1. The summed E-state index contributed by atoms with van der Waals surface area (Å²) in [6.07, 6.45) is 3.25. The van der Waals surface area contributed by atoms with E-state index >= 15 is 0 Å². The van der Waals surface area contributed by atoms with Crippen molar-refractivity contribution in [1.29, 1.82) is 0 Å². The van der Waals surface area contributed by atoms with Crippen molar-refractivity contribution in [1.82, 2.24) is 14.8 Å². The molecular weight excluding hydrogens is 128 g/mol. The van der Waals surface area contributed by atoms with Crippen LogP contribution in [0.5, 0.6) is 0 Å². The summed E-state index contributed by atoms with van der Waals surface area (Å²) < 4.78 is 1.52. The predicted molar refractivity (Wildman–Crippen MR) is 37.4 cm³/mol. The molecule has 2 aromatic heterocycles. The molecule has 2 N–H and O–H groups in total. The van der Waals surface area contributed by atoms with Gasteiger partial charge in [-0.1, -0.05) is 0 Å². The number of nitrogens with zero attached hydrogens (tertiary/aromatic N) is 3. The number of hydrogen-bond acceptors (Lipinski definition) is 3. The van der Waals surface area contributed by atoms with Gasteiger partial charge >= 0.3 is 0 Å². The second kappa shape index (κ2) is 1.70. The van der Waals surface area contributed by atoms with Crippen molar-refractivity contribution < 1.29 is 0 Å². The fourth-order valence-electron chi connectivity index (χ4n) is 0.838. The maximum Gasteiger partial charge on any atom is 0.0893 e. The number of fused-ring (bicyclic) bond motifs is 1. The Morgan fingerprint density at radius 3 is 3.20 bits per heavy atom. The molecule has 0 aliphatic rings. The number of nitrogen functional groups attached to an aromatic ring is 1. The molecule has 0 saturated carbocycles. The summed E-state index contributed by atoms with van der Waals surface area (Å²) in [7, 11) is 0. The van der Waals surface area contributed by atoms with Gasteiger partial charge in [-0.15, -0.1) is 0 Å². The van der Waals surface area contributed by atoms with E-state index in [9.17, 15) is 0 Å². The first-order valence-corrected chi connectivity index (χ1v) is 2.92. The highest BCUT2D eigenvalue weighted by molar-refractivity contribution is 5.53. The molecule has 0 radical (unpaired) electrons. The van der Waals surface area contributed by atoms with Gasteiger partial charge in [0.15, 0.2) is 0 Å². The van der Waals surface area contributed by atoms with Crippen LogP contribution in [0.25, 0.3) is 5.52 Å². The zero-order valence-corrected chi connectivity index (χ0v) is 5.23. The van der Waals surface area contributed by atoms with Crippen molar-refractivity contribution in [2.24, 2.45) is 0 Å². The topological polar surface area (TPSA) is 56.2 Å². The standard InChI is InChI=1S/C6H6N4/c7-5-3-6-1-2-8-10(6)9-4-5/h1-4H,7H2. The van der Waals surface area contributed by atoms with Crippen molar-refractivity contribution in [3.8, 4) is 0 Å². The zero-order chi connectivity index (χ0) is 6.97. The first-order chi connectivity index (χ1) is 4.86. The summed E-state index contributed by atoms with van der Waals surface area (Å²) in [5, 5.41) is 7.83. The minimum atomic E-state index is 0.660. The Bertz CT molecular complexity index is 351. The molecular formula is C6H6N4. The van der Waals surface area contributed by atoms with E-state index in [1.165, 1.54) is 4.63 Å². The lowest BCUT2D eigenvalue weighted by molar-refractivity contribution is 0.801. The number of aromatic nitrogens is 3. The molecule has 0 atom stereocenters. The lowest BCUT2D eigenvalue weighted by Crippen LogP contribution is -1.94. The summed E-state index contributed by atoms with van der Waals surface area (Å²) in [6.45, 7) is 0. The Morgan fingerprint density at radius 2 is 2.30 bits per heavy atom. The third-order valence-electron chi connectivity index (χ3n) is 1.28. The van der Waals surface area contributed by atoms with Crippen LogP contribution < -0.4 is 5.73 Å². The van der Waals surface area contributed by atoms with Gasteiger partial charge in [0, 0.05) is 0 Å². The second-order valence-electron chi connectivity index (χ2n) is 2.03. The Kier molecular flexibility index (Phi) is 0.887. The first-order valence-electron chi connectivity index (χ1n) is 2.92. The molecule has 2 heterocycles. The maximum absolute atomic E-state index is 5.48. The molecule has 0 saturated heterocycles. The fraction of sp³-hybridized carbons (Fsp3) is 0. The molecule has 0 fully saturated rings. The van der Waals surface area contributed by atoms with Gasteiger partial charge < -0.3 is 5.73 Å². The van der Waals surface area contributed by atoms with E-state index < -0.39 is 0 Å². The molecule has 0 unspecified atom stereocenters. The van der Waals surface area contributed by atoms with Crippen molar-refractivity contribution >= 4 is 11.2 Å². The molecule has 4 heteroatoms. The minimum absolute atomic E-state index is 0.660. The Labute approximate surface area is 57.3 Å². The highest BCUT2D eigenvalue weighted by Crippen LogP contribution is 2.03. The lowest BCUT2D eigenvalue weighted by Gasteiger charge is -1.91. The Morgan fingerprint density at radius 1 is 1.40 bits per heavy atom. The van der Waals surface area contributed by atoms with Crippen molar-refractivity contribution in [2.45, 2.75) is 0 Å². The molecule has 10 heavy (non-hydrogen) atoms. The SMILES string of the molecule is Nc1cnn2nccc2c1. The Hall–Kier alpha value is -1.58. The van der Waals surface area contributed by atoms with Gasteiger partial charge in [0.05, 0.1) is 23.6 Å². The summed E-state index contributed by atoms with van der Waals surface area (Å²) in [4.78, 5) is 0. The van der Waals surface area contributed by atoms with Gasteiger partial charge in [0.1, 0.15) is 0 Å². The smallest absolute Gasteiger partial charge is 0.0893 e. The monoisotopic (exact) mass is 134 g/mol. The van der Waals surface area contributed by atoms with Crippen LogP contribution in [-0.2, 0) is 0 Å². The van der Waals surface area contributed by atoms with E-state index in [2.05, 4.69) is 10.2 Å². The summed E-state index contributed by atoms with van der Waals surface area (Å²) in [5.74, 6) is 0. The molecule has 0 amide bonds. The average molecular weight is 134 g/mol. The van der Waals surface area contributed by atoms with Crippen LogP contribution in [0.4, 0.5) is 5.69 Å². The van der Waals surface area contributed by atoms with Crippen molar-refractivity contribution in [2.75, 3.05) is 5.73 Å². The van der Waals surface area contributed by atoms with Crippen LogP contribution in [0.15, 0.2) is 24.5 Å². The predicted octanol–water partition coefficient (Wildman–Crippen LogP) is 0.311. The van der Waals surface area contributed by atoms with Crippen LogP contribution >= 0.6 is 0 Å². The van der Waals surface area contributed by atoms with E-state index in [-0.39, 0.29) is 0 Å². The molecule has 0 bridgehead atoms. The van der Waals surface area contributed by atoms with Gasteiger partial charge in [-0.05, 0) is 12.1 Å². The molecule has 0 spiro atoms. The Balaban J connectivity index is 2.86. The van der Waals surface area contributed by atoms with Crippen LogP contribution in [0, 0.1) is 0 Å². The second-order valence-corrected chi connectivity index (χ2v) is 2.03. The van der Waals surface area contributed by atoms with Gasteiger partial charge in [0.25, 0.3) is 0 Å². The van der Waals surface area contributed by atoms with Crippen molar-refractivity contribution in [3.05, 3.63) is 24.5 Å². The van der Waals surface area contributed by atoms with E-state index in [1.54, 1.807) is 12.4 Å². The largest absolute Gasteiger partial charge is 0.397 e. The number of hydrogen-bond donors (Lipinski definition) is 1. The third kappa shape index (κ3) is 0.621. The molecule has 50 valence electrons.